The number of unbranched alkanes of at least 4 members (excludes halogenated alkanes) is 2. The summed E-state index contributed by atoms with van der Waals surface area (Å²) < 4.78 is -0.175. The molecule has 4 heteroatoms. The van der Waals surface area contributed by atoms with Gasteiger partial charge in [0.05, 0.1) is 0 Å². The van der Waals surface area contributed by atoms with Crippen LogP contribution in [0.5, 0.6) is 0 Å². The minimum Gasteiger partial charge on any atom is -0.860 e. The van der Waals surface area contributed by atoms with Crippen LogP contribution in [-0.2, 0) is 0 Å². The van der Waals surface area contributed by atoms with Gasteiger partial charge in [-0.05, 0) is 16.6 Å². The molecule has 0 aliphatic carbocycles. The molecule has 0 fully saturated rings. The van der Waals surface area contributed by atoms with Crippen molar-refractivity contribution in [3.8, 4) is 0 Å². The van der Waals surface area contributed by atoms with Crippen molar-refractivity contribution < 1.29 is 34.7 Å². The minimum absolute atomic E-state index is 0. The Kier molecular flexibility index (Phi) is 14.1. The second-order valence-electron chi connectivity index (χ2n) is 1.81. The zero-order chi connectivity index (χ0) is 7.11. The standard InChI is InChI=1S/C6H12OS2.Na/c1-2-3-4-5-9-6(7)8;/h2-5H2,1H3,(H,7,8);/q;+1/p-1. The van der Waals surface area contributed by atoms with Crippen LogP contribution in [0.3, 0.4) is 0 Å². The van der Waals surface area contributed by atoms with E-state index in [1.54, 1.807) is 0 Å². The molecule has 0 spiro atoms. The molecule has 0 aromatic heterocycles. The average molecular weight is 186 g/mol. The fourth-order valence-electron chi connectivity index (χ4n) is 0.508. The van der Waals surface area contributed by atoms with Gasteiger partial charge in [-0.2, -0.15) is 0 Å². The van der Waals surface area contributed by atoms with Crippen molar-refractivity contribution in [2.45, 2.75) is 26.2 Å². The molecule has 10 heavy (non-hydrogen) atoms. The third-order valence-electron chi connectivity index (χ3n) is 0.968. The molecule has 0 aliphatic rings. The van der Waals surface area contributed by atoms with Crippen molar-refractivity contribution in [3.05, 3.63) is 0 Å². The second kappa shape index (κ2) is 10.2. The van der Waals surface area contributed by atoms with Crippen LogP contribution in [0.15, 0.2) is 0 Å². The SMILES string of the molecule is CCCCCSC([O-])=S.[Na+]. The summed E-state index contributed by atoms with van der Waals surface area (Å²) in [5.74, 6) is 0.899. The Morgan fingerprint density at radius 3 is 2.50 bits per heavy atom. The Labute approximate surface area is 94.3 Å². The summed E-state index contributed by atoms with van der Waals surface area (Å²) in [6, 6.07) is 0. The van der Waals surface area contributed by atoms with Crippen molar-refractivity contribution in [1.29, 1.82) is 0 Å². The third-order valence-corrected chi connectivity index (χ3v) is 2.05. The summed E-state index contributed by atoms with van der Waals surface area (Å²) in [7, 11) is 0. The first-order chi connectivity index (χ1) is 4.27. The maximum absolute atomic E-state index is 10.2. The van der Waals surface area contributed by atoms with Gasteiger partial charge in [-0.25, -0.2) is 0 Å². The Balaban J connectivity index is 0. The van der Waals surface area contributed by atoms with Gasteiger partial charge < -0.3 is 5.11 Å². The summed E-state index contributed by atoms with van der Waals surface area (Å²) in [6.07, 6.45) is 3.52. The summed E-state index contributed by atoms with van der Waals surface area (Å²) in [5, 5.41) is 10.2. The van der Waals surface area contributed by atoms with Crippen LogP contribution >= 0.6 is 24.0 Å². The number of rotatable bonds is 4. The van der Waals surface area contributed by atoms with E-state index in [1.807, 2.05) is 0 Å². The predicted octanol–water partition coefficient (Wildman–Crippen LogP) is -1.44. The Bertz CT molecular complexity index is 87.8. The smallest absolute Gasteiger partial charge is 0.860 e. The van der Waals surface area contributed by atoms with Crippen molar-refractivity contribution in [3.63, 3.8) is 0 Å². The molecular formula is C6H11NaOS2. The zero-order valence-corrected chi connectivity index (χ0v) is 10.2. The second-order valence-corrected chi connectivity index (χ2v) is 3.50. The predicted molar refractivity (Wildman–Crippen MR) is 44.6 cm³/mol. The van der Waals surface area contributed by atoms with Crippen LogP contribution in [0, 0.1) is 0 Å². The number of thiocarbonyl (C=S) groups is 1. The number of thioether (sulfide) groups is 1. The minimum atomic E-state index is -0.175. The topological polar surface area (TPSA) is 23.1 Å². The van der Waals surface area contributed by atoms with E-state index in [0.29, 0.717) is 0 Å². The molecule has 0 aromatic rings. The van der Waals surface area contributed by atoms with Crippen molar-refractivity contribution in [2.75, 3.05) is 5.75 Å². The van der Waals surface area contributed by atoms with Gasteiger partial charge in [0.1, 0.15) is 0 Å². The zero-order valence-electron chi connectivity index (χ0n) is 6.55. The molecule has 0 saturated heterocycles. The third kappa shape index (κ3) is 12.0. The van der Waals surface area contributed by atoms with Crippen LogP contribution in [-0.4, -0.2) is 10.1 Å². The molecule has 0 radical (unpaired) electrons. The molecule has 0 amide bonds. The molecule has 0 unspecified atom stereocenters. The molecule has 0 rings (SSSR count). The van der Waals surface area contributed by atoms with Gasteiger partial charge in [0.15, 0.2) is 0 Å². The van der Waals surface area contributed by atoms with Crippen molar-refractivity contribution in [2.24, 2.45) is 0 Å². The molecule has 0 N–H and O–H groups in total. The van der Waals surface area contributed by atoms with Crippen LogP contribution in [0.4, 0.5) is 0 Å². The van der Waals surface area contributed by atoms with E-state index in [4.69, 9.17) is 0 Å². The quantitative estimate of drug-likeness (QED) is 0.305. The van der Waals surface area contributed by atoms with Crippen molar-refractivity contribution in [1.82, 2.24) is 0 Å². The molecule has 0 heterocycles. The Morgan fingerprint density at radius 1 is 1.50 bits per heavy atom. The molecule has 0 atom stereocenters. The first-order valence-corrected chi connectivity index (χ1v) is 4.50. The van der Waals surface area contributed by atoms with Crippen LogP contribution < -0.4 is 34.7 Å². The largest absolute Gasteiger partial charge is 1.00 e. The van der Waals surface area contributed by atoms with Gasteiger partial charge in [-0.1, -0.05) is 32.0 Å². The molecule has 0 saturated carbocycles. The maximum Gasteiger partial charge on any atom is 1.00 e. The van der Waals surface area contributed by atoms with Gasteiger partial charge >= 0.3 is 29.6 Å². The molecule has 0 aliphatic heterocycles. The summed E-state index contributed by atoms with van der Waals surface area (Å²) in [6.45, 7) is 2.14. The normalized spacial score (nSPS) is 8.50. The molecule has 0 aromatic carbocycles. The van der Waals surface area contributed by atoms with Crippen LogP contribution in [0.25, 0.3) is 0 Å². The van der Waals surface area contributed by atoms with Crippen LogP contribution in [0.1, 0.15) is 26.2 Å². The Hall–Kier alpha value is 1.24. The molecule has 0 bridgehead atoms. The van der Waals surface area contributed by atoms with Gasteiger partial charge in [0, 0.05) is 0 Å². The first kappa shape index (κ1) is 13.8. The van der Waals surface area contributed by atoms with Gasteiger partial charge in [-0.15, -0.1) is 11.8 Å². The molecular weight excluding hydrogens is 175 g/mol. The Morgan fingerprint density at radius 2 is 2.10 bits per heavy atom. The average Bonchev–Trinajstić information content (AvgIpc) is 1.80. The van der Waals surface area contributed by atoms with Crippen LogP contribution in [0.2, 0.25) is 0 Å². The number of hydrogen-bond acceptors (Lipinski definition) is 3. The van der Waals surface area contributed by atoms with Gasteiger partial charge in [0.2, 0.25) is 0 Å². The fourth-order valence-corrected chi connectivity index (χ4v) is 1.27. The van der Waals surface area contributed by atoms with E-state index in [1.165, 1.54) is 24.6 Å². The first-order valence-electron chi connectivity index (χ1n) is 3.11. The molecule has 54 valence electrons. The van der Waals surface area contributed by atoms with Crippen molar-refractivity contribution >= 4 is 28.4 Å². The number of hydrogen-bond donors (Lipinski definition) is 0. The fraction of sp³-hybridized carbons (Fsp3) is 0.833. The summed E-state index contributed by atoms with van der Waals surface area (Å²) in [4.78, 5) is 0. The summed E-state index contributed by atoms with van der Waals surface area (Å²) >= 11 is 5.60. The van der Waals surface area contributed by atoms with E-state index in [-0.39, 0.29) is 33.9 Å². The van der Waals surface area contributed by atoms with E-state index in [2.05, 4.69) is 19.1 Å². The maximum atomic E-state index is 10.2. The molecule has 1 nitrogen and oxygen atoms in total. The van der Waals surface area contributed by atoms with E-state index in [0.717, 1.165) is 12.2 Å². The van der Waals surface area contributed by atoms with E-state index in [9.17, 15) is 5.11 Å². The van der Waals surface area contributed by atoms with Gasteiger partial charge in [-0.3, -0.25) is 0 Å². The van der Waals surface area contributed by atoms with E-state index >= 15 is 0 Å². The monoisotopic (exact) mass is 186 g/mol. The van der Waals surface area contributed by atoms with Gasteiger partial charge in [0.25, 0.3) is 0 Å². The summed E-state index contributed by atoms with van der Waals surface area (Å²) in [5.41, 5.74) is 0. The van der Waals surface area contributed by atoms with E-state index < -0.39 is 0 Å².